The second-order valence-electron chi connectivity index (χ2n) is 4.67. The maximum absolute atomic E-state index is 11.1. The molecule has 5 nitrogen and oxygen atoms in total. The third-order valence-electron chi connectivity index (χ3n) is 3.38. The van der Waals surface area contributed by atoms with Gasteiger partial charge in [-0.1, -0.05) is 6.08 Å². The number of amides is 1. The summed E-state index contributed by atoms with van der Waals surface area (Å²) in [4.78, 5) is 23.9. The third-order valence-corrected chi connectivity index (χ3v) is 3.38. The van der Waals surface area contributed by atoms with Gasteiger partial charge in [-0.25, -0.2) is 4.79 Å². The van der Waals surface area contributed by atoms with Crippen molar-refractivity contribution in [2.45, 2.75) is 32.7 Å². The SMILES string of the molecule is CC(=CCN1CC(C(N)=O)CCC1C)C(=O)O. The van der Waals surface area contributed by atoms with Crippen molar-refractivity contribution in [3.05, 3.63) is 11.6 Å². The van der Waals surface area contributed by atoms with Crippen molar-refractivity contribution in [2.75, 3.05) is 13.1 Å². The second-order valence-corrected chi connectivity index (χ2v) is 4.67. The number of piperidine rings is 1. The van der Waals surface area contributed by atoms with E-state index in [1.807, 2.05) is 0 Å². The highest BCUT2D eigenvalue weighted by Crippen LogP contribution is 2.21. The molecule has 0 aromatic heterocycles. The highest BCUT2D eigenvalue weighted by Gasteiger charge is 2.27. The lowest BCUT2D eigenvalue weighted by molar-refractivity contribution is -0.132. The molecule has 0 aromatic carbocycles. The number of primary amides is 1. The van der Waals surface area contributed by atoms with Crippen molar-refractivity contribution in [3.63, 3.8) is 0 Å². The van der Waals surface area contributed by atoms with E-state index < -0.39 is 5.97 Å². The average molecular weight is 240 g/mol. The highest BCUT2D eigenvalue weighted by atomic mass is 16.4. The van der Waals surface area contributed by atoms with Gasteiger partial charge in [0.2, 0.25) is 5.91 Å². The van der Waals surface area contributed by atoms with E-state index in [0.717, 1.165) is 12.8 Å². The lowest BCUT2D eigenvalue weighted by Gasteiger charge is -2.36. The van der Waals surface area contributed by atoms with Crippen molar-refractivity contribution >= 4 is 11.9 Å². The van der Waals surface area contributed by atoms with Gasteiger partial charge in [-0.2, -0.15) is 0 Å². The summed E-state index contributed by atoms with van der Waals surface area (Å²) in [5.41, 5.74) is 5.64. The number of rotatable bonds is 4. The molecular weight excluding hydrogens is 220 g/mol. The smallest absolute Gasteiger partial charge is 0.330 e. The Morgan fingerprint density at radius 1 is 1.47 bits per heavy atom. The van der Waals surface area contributed by atoms with Crippen LogP contribution in [-0.4, -0.2) is 41.0 Å². The van der Waals surface area contributed by atoms with Crippen LogP contribution in [0.4, 0.5) is 0 Å². The molecule has 96 valence electrons. The summed E-state index contributed by atoms with van der Waals surface area (Å²) in [6, 6.07) is 0.364. The number of carbonyl (C=O) groups is 2. The van der Waals surface area contributed by atoms with Gasteiger partial charge in [0.25, 0.3) is 0 Å². The van der Waals surface area contributed by atoms with E-state index in [1.165, 1.54) is 0 Å². The largest absolute Gasteiger partial charge is 0.478 e. The molecule has 17 heavy (non-hydrogen) atoms. The van der Waals surface area contributed by atoms with Crippen LogP contribution in [0.2, 0.25) is 0 Å². The number of hydrogen-bond donors (Lipinski definition) is 2. The van der Waals surface area contributed by atoms with E-state index in [2.05, 4.69) is 11.8 Å². The molecule has 1 fully saturated rings. The Morgan fingerprint density at radius 2 is 2.12 bits per heavy atom. The van der Waals surface area contributed by atoms with Gasteiger partial charge < -0.3 is 10.8 Å². The molecule has 1 aliphatic rings. The fourth-order valence-electron chi connectivity index (χ4n) is 2.01. The van der Waals surface area contributed by atoms with Crippen molar-refractivity contribution in [3.8, 4) is 0 Å². The molecule has 1 saturated heterocycles. The van der Waals surface area contributed by atoms with E-state index in [4.69, 9.17) is 10.8 Å². The summed E-state index contributed by atoms with van der Waals surface area (Å²) in [6.45, 7) is 4.84. The molecule has 0 aliphatic carbocycles. The molecular formula is C12H20N2O3. The first-order valence-corrected chi connectivity index (χ1v) is 5.85. The number of carboxylic acids is 1. The molecule has 1 aliphatic heterocycles. The van der Waals surface area contributed by atoms with E-state index in [0.29, 0.717) is 24.7 Å². The number of nitrogens with zero attached hydrogens (tertiary/aromatic N) is 1. The Labute approximate surface area is 101 Å². The monoisotopic (exact) mass is 240 g/mol. The lowest BCUT2D eigenvalue weighted by Crippen LogP contribution is -2.45. The van der Waals surface area contributed by atoms with E-state index in [1.54, 1.807) is 13.0 Å². The molecule has 0 aromatic rings. The van der Waals surface area contributed by atoms with Gasteiger partial charge in [-0.15, -0.1) is 0 Å². The minimum atomic E-state index is -0.902. The normalized spacial score (nSPS) is 26.8. The van der Waals surface area contributed by atoms with Gasteiger partial charge in [0.1, 0.15) is 0 Å². The maximum Gasteiger partial charge on any atom is 0.330 e. The fourth-order valence-corrected chi connectivity index (χ4v) is 2.01. The van der Waals surface area contributed by atoms with Gasteiger partial charge in [0.05, 0.1) is 5.92 Å². The summed E-state index contributed by atoms with van der Waals surface area (Å²) in [5, 5.41) is 8.76. The van der Waals surface area contributed by atoms with Gasteiger partial charge in [0, 0.05) is 24.7 Å². The molecule has 1 amide bonds. The molecule has 5 heteroatoms. The number of carbonyl (C=O) groups excluding carboxylic acids is 1. The predicted octanol–water partition coefficient (Wildman–Crippen LogP) is 0.603. The third kappa shape index (κ3) is 3.85. The van der Waals surface area contributed by atoms with Gasteiger partial charge in [-0.05, 0) is 26.7 Å². The predicted molar refractivity (Wildman–Crippen MR) is 64.3 cm³/mol. The average Bonchev–Trinajstić information content (AvgIpc) is 2.26. The number of hydrogen-bond acceptors (Lipinski definition) is 3. The minimum absolute atomic E-state index is 0.107. The number of carboxylic acid groups (broad SMARTS) is 1. The molecule has 0 radical (unpaired) electrons. The Morgan fingerprint density at radius 3 is 2.65 bits per heavy atom. The molecule has 2 unspecified atom stereocenters. The van der Waals surface area contributed by atoms with E-state index >= 15 is 0 Å². The summed E-state index contributed by atoms with van der Waals surface area (Å²) >= 11 is 0. The summed E-state index contributed by atoms with van der Waals surface area (Å²) < 4.78 is 0. The van der Waals surface area contributed by atoms with E-state index in [9.17, 15) is 9.59 Å². The van der Waals surface area contributed by atoms with Gasteiger partial charge in [0.15, 0.2) is 0 Å². The Bertz CT molecular complexity index is 339. The van der Waals surface area contributed by atoms with Gasteiger partial charge >= 0.3 is 5.97 Å². The number of nitrogens with two attached hydrogens (primary N) is 1. The Kier molecular flexibility index (Phi) is 4.69. The molecule has 0 saturated carbocycles. The zero-order valence-electron chi connectivity index (χ0n) is 10.3. The van der Waals surface area contributed by atoms with Crippen LogP contribution in [0.15, 0.2) is 11.6 Å². The topological polar surface area (TPSA) is 83.6 Å². The van der Waals surface area contributed by atoms with Crippen LogP contribution in [0.3, 0.4) is 0 Å². The minimum Gasteiger partial charge on any atom is -0.478 e. The first-order valence-electron chi connectivity index (χ1n) is 5.85. The van der Waals surface area contributed by atoms with Crippen LogP contribution in [0.1, 0.15) is 26.7 Å². The highest BCUT2D eigenvalue weighted by molar-refractivity contribution is 5.85. The summed E-state index contributed by atoms with van der Waals surface area (Å²) in [6.07, 6.45) is 3.43. The van der Waals surface area contributed by atoms with Gasteiger partial charge in [-0.3, -0.25) is 9.69 Å². The standard InChI is InChI=1S/C12H20N2O3/c1-8(12(16)17)5-6-14-7-10(11(13)15)4-3-9(14)2/h5,9-10H,3-4,6-7H2,1-2H3,(H2,13,15)(H,16,17). The lowest BCUT2D eigenvalue weighted by atomic mass is 9.93. The van der Waals surface area contributed by atoms with Crippen LogP contribution >= 0.6 is 0 Å². The van der Waals surface area contributed by atoms with Crippen molar-refractivity contribution in [1.29, 1.82) is 0 Å². The number of aliphatic carboxylic acids is 1. The first kappa shape index (κ1) is 13.7. The summed E-state index contributed by atoms with van der Waals surface area (Å²) in [5.74, 6) is -1.27. The fraction of sp³-hybridized carbons (Fsp3) is 0.667. The van der Waals surface area contributed by atoms with Crippen LogP contribution in [0, 0.1) is 5.92 Å². The quantitative estimate of drug-likeness (QED) is 0.705. The van der Waals surface area contributed by atoms with Crippen molar-refractivity contribution < 1.29 is 14.7 Å². The molecule has 1 rings (SSSR count). The molecule has 0 spiro atoms. The van der Waals surface area contributed by atoms with Crippen LogP contribution in [0.5, 0.6) is 0 Å². The van der Waals surface area contributed by atoms with Crippen LogP contribution in [0.25, 0.3) is 0 Å². The molecule has 2 atom stereocenters. The van der Waals surface area contributed by atoms with Crippen LogP contribution in [-0.2, 0) is 9.59 Å². The molecule has 1 heterocycles. The van der Waals surface area contributed by atoms with Crippen molar-refractivity contribution in [2.24, 2.45) is 11.7 Å². The second kappa shape index (κ2) is 5.82. The maximum atomic E-state index is 11.1. The zero-order valence-corrected chi connectivity index (χ0v) is 10.3. The molecule has 3 N–H and O–H groups in total. The Hall–Kier alpha value is -1.36. The Balaban J connectivity index is 2.59. The number of likely N-dealkylation sites (tertiary alicyclic amines) is 1. The van der Waals surface area contributed by atoms with Crippen LogP contribution < -0.4 is 5.73 Å². The first-order chi connectivity index (χ1) is 7.91. The van der Waals surface area contributed by atoms with E-state index in [-0.39, 0.29) is 11.8 Å². The summed E-state index contributed by atoms with van der Waals surface area (Å²) in [7, 11) is 0. The van der Waals surface area contributed by atoms with Crippen molar-refractivity contribution in [1.82, 2.24) is 4.90 Å². The zero-order chi connectivity index (χ0) is 13.0. The molecule has 0 bridgehead atoms.